The number of carbonyl (C=O) groups excluding carboxylic acids is 1. The molecule has 102 valence electrons. The van der Waals surface area contributed by atoms with Gasteiger partial charge in [0.2, 0.25) is 0 Å². The van der Waals surface area contributed by atoms with Gasteiger partial charge in [0.25, 0.3) is 5.91 Å². The fourth-order valence-corrected chi connectivity index (χ4v) is 3.13. The third kappa shape index (κ3) is 3.37. The zero-order chi connectivity index (χ0) is 13.9. The fourth-order valence-electron chi connectivity index (χ4n) is 1.89. The second-order valence-corrected chi connectivity index (χ2v) is 6.30. The molecule has 2 heterocycles. The highest BCUT2D eigenvalue weighted by Gasteiger charge is 2.24. The number of aromatic nitrogens is 2. The summed E-state index contributed by atoms with van der Waals surface area (Å²) >= 11 is 0. The van der Waals surface area contributed by atoms with Gasteiger partial charge in [-0.3, -0.25) is 4.79 Å². The average Bonchev–Trinajstić information content (AvgIpc) is 2.69. The van der Waals surface area contributed by atoms with E-state index in [0.29, 0.717) is 17.7 Å². The van der Waals surface area contributed by atoms with E-state index in [4.69, 9.17) is 0 Å². The highest BCUT2D eigenvalue weighted by Crippen LogP contribution is 2.11. The number of carbonyl (C=O) groups is 1. The van der Waals surface area contributed by atoms with E-state index in [0.717, 1.165) is 11.8 Å². The van der Waals surface area contributed by atoms with E-state index in [1.165, 1.54) is 18.6 Å². The van der Waals surface area contributed by atoms with E-state index in [-0.39, 0.29) is 11.7 Å². The molecule has 0 saturated carbocycles. The summed E-state index contributed by atoms with van der Waals surface area (Å²) < 4.78 is 22.5. The van der Waals surface area contributed by atoms with E-state index in [2.05, 4.69) is 15.3 Å². The number of hydrogen-bond donors (Lipinski definition) is 1. The highest BCUT2D eigenvalue weighted by atomic mass is 32.2. The maximum Gasteiger partial charge on any atom is 0.255 e. The minimum atomic E-state index is -3.17. The molecule has 1 aliphatic heterocycles. The summed E-state index contributed by atoms with van der Waals surface area (Å²) in [7, 11) is -3.17. The Balaban J connectivity index is 2.11. The molecule has 1 atom stereocenters. The summed E-state index contributed by atoms with van der Waals surface area (Å²) in [6.07, 6.45) is 5.90. The van der Waals surface area contributed by atoms with Gasteiger partial charge in [-0.05, 0) is 12.5 Å². The molecule has 0 aromatic carbocycles. The third-order valence-electron chi connectivity index (χ3n) is 2.77. The summed E-state index contributed by atoms with van der Waals surface area (Å²) in [6.45, 7) is 2.00. The second-order valence-electron chi connectivity index (χ2n) is 4.37. The Morgan fingerprint density at radius 2 is 2.32 bits per heavy atom. The molecular formula is C12H15N3O3S. The lowest BCUT2D eigenvalue weighted by Crippen LogP contribution is -2.36. The first kappa shape index (κ1) is 13.7. The van der Waals surface area contributed by atoms with Crippen LogP contribution in [-0.4, -0.2) is 36.1 Å². The van der Waals surface area contributed by atoms with Crippen molar-refractivity contribution in [2.75, 3.05) is 5.75 Å². The lowest BCUT2D eigenvalue weighted by atomic mass is 10.1. The molecule has 6 nitrogen and oxygen atoms in total. The van der Waals surface area contributed by atoms with Gasteiger partial charge in [0.15, 0.2) is 9.84 Å². The van der Waals surface area contributed by atoms with Crippen LogP contribution in [-0.2, 0) is 16.3 Å². The number of nitrogens with one attached hydrogen (secondary N) is 1. The van der Waals surface area contributed by atoms with Crippen molar-refractivity contribution in [1.82, 2.24) is 15.3 Å². The number of aryl methyl sites for hydroxylation is 1. The Hall–Kier alpha value is -1.76. The molecular weight excluding hydrogens is 266 g/mol. The summed E-state index contributed by atoms with van der Waals surface area (Å²) in [6, 6.07) is -0.479. The molecule has 1 N–H and O–H groups in total. The fraction of sp³-hybridized carbons (Fsp3) is 0.417. The third-order valence-corrected chi connectivity index (χ3v) is 4.17. The maximum atomic E-state index is 12.1. The number of sulfone groups is 1. The van der Waals surface area contributed by atoms with Crippen LogP contribution in [0.15, 0.2) is 24.0 Å². The minimum absolute atomic E-state index is 0.0878. The largest absolute Gasteiger partial charge is 0.345 e. The number of rotatable bonds is 4. The van der Waals surface area contributed by atoms with E-state index in [1.807, 2.05) is 6.92 Å². The van der Waals surface area contributed by atoms with Crippen molar-refractivity contribution >= 4 is 15.7 Å². The maximum absolute atomic E-state index is 12.1. The Kier molecular flexibility index (Phi) is 3.94. The summed E-state index contributed by atoms with van der Waals surface area (Å²) in [5, 5.41) is 3.80. The molecule has 1 amide bonds. The SMILES string of the molecule is CCCc1ncncc1C(=O)NC1C=CS(=O)(=O)C1. The lowest BCUT2D eigenvalue weighted by Gasteiger charge is -2.11. The molecule has 1 aromatic heterocycles. The molecule has 0 fully saturated rings. The highest BCUT2D eigenvalue weighted by molar-refractivity contribution is 7.94. The van der Waals surface area contributed by atoms with Crippen LogP contribution in [0.5, 0.6) is 0 Å². The molecule has 1 aromatic rings. The van der Waals surface area contributed by atoms with Gasteiger partial charge in [0.1, 0.15) is 6.33 Å². The summed E-state index contributed by atoms with van der Waals surface area (Å²) in [5.41, 5.74) is 1.09. The zero-order valence-corrected chi connectivity index (χ0v) is 11.4. The molecule has 7 heteroatoms. The Labute approximate surface area is 111 Å². The molecule has 19 heavy (non-hydrogen) atoms. The van der Waals surface area contributed by atoms with Crippen molar-refractivity contribution < 1.29 is 13.2 Å². The zero-order valence-electron chi connectivity index (χ0n) is 10.5. The quantitative estimate of drug-likeness (QED) is 0.866. The topological polar surface area (TPSA) is 89.0 Å². The molecule has 0 saturated heterocycles. The predicted octanol–water partition coefficient (Wildman–Crippen LogP) is 0.470. The molecule has 0 spiro atoms. The van der Waals surface area contributed by atoms with Crippen LogP contribution in [0.3, 0.4) is 0 Å². The van der Waals surface area contributed by atoms with Crippen LogP contribution < -0.4 is 5.32 Å². The molecule has 1 aliphatic rings. The van der Waals surface area contributed by atoms with Crippen LogP contribution in [0.1, 0.15) is 29.4 Å². The predicted molar refractivity (Wildman–Crippen MR) is 70.2 cm³/mol. The Bertz CT molecular complexity index is 610. The van der Waals surface area contributed by atoms with Crippen molar-refractivity contribution in [3.63, 3.8) is 0 Å². The minimum Gasteiger partial charge on any atom is -0.345 e. The number of nitrogens with zero attached hydrogens (tertiary/aromatic N) is 2. The van der Waals surface area contributed by atoms with Gasteiger partial charge < -0.3 is 5.32 Å². The van der Waals surface area contributed by atoms with Crippen molar-refractivity contribution in [3.05, 3.63) is 35.3 Å². The Morgan fingerprint density at radius 3 is 2.95 bits per heavy atom. The van der Waals surface area contributed by atoms with Gasteiger partial charge in [-0.25, -0.2) is 18.4 Å². The van der Waals surface area contributed by atoms with Gasteiger partial charge in [0.05, 0.1) is 23.1 Å². The van der Waals surface area contributed by atoms with Gasteiger partial charge in [-0.2, -0.15) is 0 Å². The first-order chi connectivity index (χ1) is 9.02. The molecule has 2 rings (SSSR count). The van der Waals surface area contributed by atoms with E-state index in [9.17, 15) is 13.2 Å². The second kappa shape index (κ2) is 5.48. The smallest absolute Gasteiger partial charge is 0.255 e. The van der Waals surface area contributed by atoms with Gasteiger partial charge >= 0.3 is 0 Å². The van der Waals surface area contributed by atoms with Crippen LogP contribution in [0.4, 0.5) is 0 Å². The monoisotopic (exact) mass is 281 g/mol. The van der Waals surface area contributed by atoms with E-state index >= 15 is 0 Å². The van der Waals surface area contributed by atoms with Crippen LogP contribution in [0.2, 0.25) is 0 Å². The number of amides is 1. The van der Waals surface area contributed by atoms with E-state index < -0.39 is 15.9 Å². The van der Waals surface area contributed by atoms with Crippen LogP contribution >= 0.6 is 0 Å². The normalized spacial score (nSPS) is 20.4. The first-order valence-electron chi connectivity index (χ1n) is 6.02. The lowest BCUT2D eigenvalue weighted by molar-refractivity contribution is 0.0946. The average molecular weight is 281 g/mol. The van der Waals surface area contributed by atoms with Crippen LogP contribution in [0.25, 0.3) is 0 Å². The van der Waals surface area contributed by atoms with Crippen molar-refractivity contribution in [2.45, 2.75) is 25.8 Å². The summed E-state index contributed by atoms with van der Waals surface area (Å²) in [5.74, 6) is -0.425. The standard InChI is InChI=1S/C12H15N3O3S/c1-2-3-11-10(6-13-8-14-11)12(16)15-9-4-5-19(17,18)7-9/h4-6,8-9H,2-3,7H2,1H3,(H,15,16). The van der Waals surface area contributed by atoms with Gasteiger partial charge in [-0.15, -0.1) is 0 Å². The number of hydrogen-bond acceptors (Lipinski definition) is 5. The first-order valence-corrected chi connectivity index (χ1v) is 7.74. The molecule has 0 bridgehead atoms. The Morgan fingerprint density at radius 1 is 1.53 bits per heavy atom. The van der Waals surface area contributed by atoms with Crippen molar-refractivity contribution in [3.8, 4) is 0 Å². The van der Waals surface area contributed by atoms with Crippen molar-refractivity contribution in [2.24, 2.45) is 0 Å². The summed E-state index contributed by atoms with van der Waals surface area (Å²) in [4.78, 5) is 20.0. The van der Waals surface area contributed by atoms with E-state index in [1.54, 1.807) is 0 Å². The van der Waals surface area contributed by atoms with Gasteiger partial charge in [0, 0.05) is 11.6 Å². The van der Waals surface area contributed by atoms with Crippen molar-refractivity contribution in [1.29, 1.82) is 0 Å². The molecule has 0 radical (unpaired) electrons. The molecule has 0 aliphatic carbocycles. The van der Waals surface area contributed by atoms with Crippen LogP contribution in [0, 0.1) is 0 Å². The molecule has 1 unspecified atom stereocenters. The van der Waals surface area contributed by atoms with Gasteiger partial charge in [-0.1, -0.05) is 13.3 Å².